The minimum atomic E-state index is -2.20. The van der Waals surface area contributed by atoms with Crippen LogP contribution in [0, 0.1) is 17.8 Å². The van der Waals surface area contributed by atoms with Crippen molar-refractivity contribution in [2.75, 3.05) is 0 Å². The van der Waals surface area contributed by atoms with Crippen molar-refractivity contribution in [3.05, 3.63) is 60.2 Å². The van der Waals surface area contributed by atoms with E-state index in [1.807, 2.05) is 54.6 Å². The van der Waals surface area contributed by atoms with Gasteiger partial charge in [0.1, 0.15) is 12.2 Å². The number of aliphatic hydroxyl groups is 1. The SMILES string of the molecule is CCCCC(C)CCC[C@H]1C(O)C[C@H](OC(=O)c2ccc(-c3ccccc3)cc2)[C@@H]1CCCCCC(O[Si](C)(C)C(C)(C)C)C(=O)O. The molecule has 1 saturated carbocycles. The maximum Gasteiger partial charge on any atom is 0.338 e. The van der Waals surface area contributed by atoms with Gasteiger partial charge < -0.3 is 19.4 Å². The number of carbonyl (C=O) groups excluding carboxylic acids is 1. The highest BCUT2D eigenvalue weighted by molar-refractivity contribution is 6.74. The van der Waals surface area contributed by atoms with Crippen molar-refractivity contribution in [3.8, 4) is 11.1 Å². The molecule has 0 spiro atoms. The van der Waals surface area contributed by atoms with Crippen LogP contribution in [0.4, 0.5) is 0 Å². The molecule has 6 nitrogen and oxygen atoms in total. The van der Waals surface area contributed by atoms with Gasteiger partial charge in [0, 0.05) is 12.3 Å². The van der Waals surface area contributed by atoms with Gasteiger partial charge in [0.25, 0.3) is 0 Å². The van der Waals surface area contributed by atoms with E-state index in [1.165, 1.54) is 19.3 Å². The molecule has 6 atom stereocenters. The van der Waals surface area contributed by atoms with Crippen molar-refractivity contribution in [1.82, 2.24) is 0 Å². The first-order valence-corrected chi connectivity index (χ1v) is 21.1. The van der Waals surface area contributed by atoms with E-state index in [0.29, 0.717) is 24.3 Å². The third-order valence-corrected chi connectivity index (χ3v) is 15.3. The van der Waals surface area contributed by atoms with E-state index in [-0.39, 0.29) is 28.9 Å². The van der Waals surface area contributed by atoms with Crippen LogP contribution >= 0.6 is 0 Å². The quantitative estimate of drug-likeness (QED) is 0.0880. The number of rotatable bonds is 19. The lowest BCUT2D eigenvalue weighted by molar-refractivity contribution is -0.146. The standard InChI is InChI=1S/C40H62O6Si/c1-8-9-17-29(2)18-16-22-33-34(21-14-11-15-23-36(38(42)43)46-47(6,7)40(3,4)5)37(28-35(33)41)45-39(44)32-26-24-31(25-27-32)30-19-12-10-13-20-30/h10,12-13,19-20,24-27,29,33-37,41H,8-9,11,14-18,21-23,28H2,1-7H3,(H,42,43)/t29?,33-,34-,35?,36?,37+/m1/s1. The highest BCUT2D eigenvalue weighted by Gasteiger charge is 2.44. The van der Waals surface area contributed by atoms with Crippen LogP contribution in [-0.2, 0) is 14.0 Å². The molecule has 0 aliphatic heterocycles. The van der Waals surface area contributed by atoms with Crippen LogP contribution in [0.5, 0.6) is 0 Å². The van der Waals surface area contributed by atoms with Crippen LogP contribution in [0.3, 0.4) is 0 Å². The van der Waals surface area contributed by atoms with Gasteiger partial charge in [-0.1, -0.05) is 128 Å². The number of ether oxygens (including phenoxy) is 1. The summed E-state index contributed by atoms with van der Waals surface area (Å²) in [6.07, 6.45) is 9.60. The topological polar surface area (TPSA) is 93.1 Å². The van der Waals surface area contributed by atoms with Gasteiger partial charge in [-0.25, -0.2) is 9.59 Å². The summed E-state index contributed by atoms with van der Waals surface area (Å²) >= 11 is 0. The second kappa shape index (κ2) is 18.3. The minimum absolute atomic E-state index is 0.0524. The van der Waals surface area contributed by atoms with E-state index in [4.69, 9.17) is 9.16 Å². The predicted molar refractivity (Wildman–Crippen MR) is 194 cm³/mol. The monoisotopic (exact) mass is 666 g/mol. The second-order valence-corrected chi connectivity index (χ2v) is 20.3. The molecule has 47 heavy (non-hydrogen) atoms. The fourth-order valence-electron chi connectivity index (χ4n) is 6.78. The van der Waals surface area contributed by atoms with Crippen LogP contribution in [0.25, 0.3) is 11.1 Å². The van der Waals surface area contributed by atoms with Crippen molar-refractivity contribution in [2.24, 2.45) is 17.8 Å². The van der Waals surface area contributed by atoms with Gasteiger partial charge in [-0.3, -0.25) is 0 Å². The number of carboxylic acids is 1. The third kappa shape index (κ3) is 11.9. The largest absolute Gasteiger partial charge is 0.479 e. The summed E-state index contributed by atoms with van der Waals surface area (Å²) in [5, 5.41) is 21.0. The Kier molecular flexibility index (Phi) is 15.2. The van der Waals surface area contributed by atoms with Gasteiger partial charge in [-0.05, 0) is 72.5 Å². The molecule has 3 rings (SSSR count). The second-order valence-electron chi connectivity index (χ2n) is 15.5. The number of carbonyl (C=O) groups is 2. The fourth-order valence-corrected chi connectivity index (χ4v) is 8.06. The van der Waals surface area contributed by atoms with Crippen molar-refractivity contribution < 1.29 is 29.0 Å². The Bertz CT molecular complexity index is 1220. The molecule has 1 aliphatic carbocycles. The zero-order valence-electron chi connectivity index (χ0n) is 30.2. The molecule has 1 fully saturated rings. The number of unbranched alkanes of at least 4 members (excludes halogenated alkanes) is 3. The van der Waals surface area contributed by atoms with Gasteiger partial charge in [-0.15, -0.1) is 0 Å². The van der Waals surface area contributed by atoms with E-state index in [9.17, 15) is 19.8 Å². The molecule has 262 valence electrons. The summed E-state index contributed by atoms with van der Waals surface area (Å²) in [5.41, 5.74) is 2.66. The van der Waals surface area contributed by atoms with Gasteiger partial charge in [0.15, 0.2) is 8.32 Å². The average molecular weight is 667 g/mol. The van der Waals surface area contributed by atoms with Crippen LogP contribution in [0.15, 0.2) is 54.6 Å². The molecule has 0 bridgehead atoms. The van der Waals surface area contributed by atoms with Crippen LogP contribution in [-0.4, -0.2) is 48.8 Å². The number of benzene rings is 2. The smallest absolute Gasteiger partial charge is 0.338 e. The van der Waals surface area contributed by atoms with Crippen LogP contribution in [0.2, 0.25) is 18.1 Å². The molecule has 0 amide bonds. The van der Waals surface area contributed by atoms with E-state index in [1.54, 1.807) is 0 Å². The molecule has 0 heterocycles. The van der Waals surface area contributed by atoms with Gasteiger partial charge in [0.05, 0.1) is 11.7 Å². The van der Waals surface area contributed by atoms with Crippen molar-refractivity contribution in [2.45, 2.75) is 148 Å². The molecule has 2 aromatic carbocycles. The average Bonchev–Trinajstić information content (AvgIpc) is 3.31. The predicted octanol–water partition coefficient (Wildman–Crippen LogP) is 10.3. The molecule has 0 aromatic heterocycles. The molecule has 2 aromatic rings. The van der Waals surface area contributed by atoms with E-state index < -0.39 is 26.5 Å². The molecule has 7 heteroatoms. The maximum absolute atomic E-state index is 13.3. The lowest BCUT2D eigenvalue weighted by Gasteiger charge is -2.38. The van der Waals surface area contributed by atoms with Gasteiger partial charge in [-0.2, -0.15) is 0 Å². The van der Waals surface area contributed by atoms with Crippen LogP contribution < -0.4 is 0 Å². The zero-order valence-corrected chi connectivity index (χ0v) is 31.2. The number of hydrogen-bond donors (Lipinski definition) is 2. The molecular weight excluding hydrogens is 605 g/mol. The van der Waals surface area contributed by atoms with Crippen LogP contribution in [0.1, 0.15) is 122 Å². The van der Waals surface area contributed by atoms with Gasteiger partial charge in [0.2, 0.25) is 0 Å². The van der Waals surface area contributed by atoms with Crippen molar-refractivity contribution in [1.29, 1.82) is 0 Å². The first kappa shape index (κ1) is 39.0. The Morgan fingerprint density at radius 2 is 1.47 bits per heavy atom. The third-order valence-electron chi connectivity index (χ3n) is 10.8. The van der Waals surface area contributed by atoms with E-state index >= 15 is 0 Å². The first-order valence-electron chi connectivity index (χ1n) is 18.2. The summed E-state index contributed by atoms with van der Waals surface area (Å²) in [4.78, 5) is 25.4. The van der Waals surface area contributed by atoms with Crippen molar-refractivity contribution in [3.63, 3.8) is 0 Å². The Labute approximate surface area is 285 Å². The Balaban J connectivity index is 1.63. The zero-order chi connectivity index (χ0) is 34.6. The summed E-state index contributed by atoms with van der Waals surface area (Å²) in [6.45, 7) is 15.1. The lowest BCUT2D eigenvalue weighted by Crippen LogP contribution is -2.46. The number of hydrogen-bond acceptors (Lipinski definition) is 5. The Hall–Kier alpha value is -2.48. The highest BCUT2D eigenvalue weighted by atomic mass is 28.4. The van der Waals surface area contributed by atoms with Gasteiger partial charge >= 0.3 is 11.9 Å². The minimum Gasteiger partial charge on any atom is -0.479 e. The fraction of sp³-hybridized carbons (Fsp3) is 0.650. The highest BCUT2D eigenvalue weighted by Crippen LogP contribution is 2.42. The number of aliphatic hydroxyl groups excluding tert-OH is 1. The molecule has 2 N–H and O–H groups in total. The number of esters is 1. The van der Waals surface area contributed by atoms with Crippen molar-refractivity contribution >= 4 is 20.3 Å². The molecule has 1 aliphatic rings. The molecule has 0 radical (unpaired) electrons. The molecular formula is C40H62O6Si. The number of aliphatic carboxylic acids is 1. The number of carboxylic acid groups (broad SMARTS) is 1. The first-order chi connectivity index (χ1) is 22.2. The van der Waals surface area contributed by atoms with E-state index in [0.717, 1.165) is 56.1 Å². The Morgan fingerprint density at radius 1 is 0.851 bits per heavy atom. The molecule has 0 saturated heterocycles. The maximum atomic E-state index is 13.3. The summed E-state index contributed by atoms with van der Waals surface area (Å²) in [6, 6.07) is 17.6. The van der Waals surface area contributed by atoms with E-state index in [2.05, 4.69) is 47.7 Å². The Morgan fingerprint density at radius 3 is 2.09 bits per heavy atom. The lowest BCUT2D eigenvalue weighted by atomic mass is 9.84. The summed E-state index contributed by atoms with van der Waals surface area (Å²) < 4.78 is 12.4. The normalized spacial score (nSPS) is 21.4. The summed E-state index contributed by atoms with van der Waals surface area (Å²) in [7, 11) is -2.20. The molecule has 3 unspecified atom stereocenters. The summed E-state index contributed by atoms with van der Waals surface area (Å²) in [5.74, 6) is -0.365.